The third-order valence-electron chi connectivity index (χ3n) is 3.06. The van der Waals surface area contributed by atoms with E-state index in [1.165, 1.54) is 11.3 Å². The van der Waals surface area contributed by atoms with Crippen LogP contribution < -0.4 is 4.90 Å². The first kappa shape index (κ1) is 16.2. The lowest BCUT2D eigenvalue weighted by atomic mass is 10.1. The van der Waals surface area contributed by atoms with Crippen molar-refractivity contribution in [2.24, 2.45) is 0 Å². The maximum atomic E-state index is 12.7. The van der Waals surface area contributed by atoms with E-state index >= 15 is 0 Å². The molecule has 0 atom stereocenters. The molecule has 0 spiro atoms. The first-order chi connectivity index (χ1) is 10.3. The fourth-order valence-electron chi connectivity index (χ4n) is 1.93. The smallest absolute Gasteiger partial charge is 0.369 e. The van der Waals surface area contributed by atoms with E-state index in [1.807, 2.05) is 5.38 Å². The molecule has 22 heavy (non-hydrogen) atoms. The van der Waals surface area contributed by atoms with Crippen LogP contribution in [0.3, 0.4) is 0 Å². The summed E-state index contributed by atoms with van der Waals surface area (Å²) in [5.41, 5.74) is -1.44. The molecule has 0 saturated carbocycles. The van der Waals surface area contributed by atoms with Crippen molar-refractivity contribution in [2.45, 2.75) is 12.6 Å². The van der Waals surface area contributed by atoms with Crippen LogP contribution in [0.1, 0.15) is 10.6 Å². The molecule has 1 heterocycles. The van der Waals surface area contributed by atoms with Gasteiger partial charge in [0.2, 0.25) is 0 Å². The highest BCUT2D eigenvalue weighted by molar-refractivity contribution is 7.09. The minimum atomic E-state index is -4.61. The van der Waals surface area contributed by atoms with Gasteiger partial charge in [-0.25, -0.2) is 4.98 Å². The molecule has 0 bridgehead atoms. The Balaban J connectivity index is 2.23. The number of hydrogen-bond acceptors (Lipinski definition) is 5. The molecule has 0 N–H and O–H groups in total. The van der Waals surface area contributed by atoms with Gasteiger partial charge in [0, 0.05) is 37.7 Å². The third-order valence-corrected chi connectivity index (χ3v) is 3.89. The van der Waals surface area contributed by atoms with Crippen LogP contribution in [0.4, 0.5) is 24.5 Å². The lowest BCUT2D eigenvalue weighted by Crippen LogP contribution is -2.21. The summed E-state index contributed by atoms with van der Waals surface area (Å²) in [6, 6.07) is 2.54. The molecule has 0 aliphatic rings. The number of anilines is 1. The zero-order valence-electron chi connectivity index (χ0n) is 11.5. The van der Waals surface area contributed by atoms with Gasteiger partial charge in [0.1, 0.15) is 5.69 Å². The van der Waals surface area contributed by atoms with E-state index in [-0.39, 0.29) is 5.69 Å². The molecule has 5 nitrogen and oxygen atoms in total. The summed E-state index contributed by atoms with van der Waals surface area (Å²) in [5, 5.41) is 13.7. The Morgan fingerprint density at radius 1 is 1.41 bits per heavy atom. The van der Waals surface area contributed by atoms with Crippen LogP contribution in [0.2, 0.25) is 0 Å². The maximum Gasteiger partial charge on any atom is 0.416 e. The quantitative estimate of drug-likeness (QED) is 0.618. The Hall–Kier alpha value is -2.16. The highest BCUT2D eigenvalue weighted by Crippen LogP contribution is 2.36. The molecule has 0 radical (unpaired) electrons. The molecule has 118 valence electrons. The van der Waals surface area contributed by atoms with E-state index in [0.29, 0.717) is 19.0 Å². The average Bonchev–Trinajstić information content (AvgIpc) is 2.96. The predicted octanol–water partition coefficient (Wildman–Crippen LogP) is 3.75. The largest absolute Gasteiger partial charge is 0.416 e. The topological polar surface area (TPSA) is 59.3 Å². The van der Waals surface area contributed by atoms with Gasteiger partial charge in [0.05, 0.1) is 15.5 Å². The van der Waals surface area contributed by atoms with Crippen molar-refractivity contribution < 1.29 is 18.1 Å². The van der Waals surface area contributed by atoms with Crippen LogP contribution in [0.25, 0.3) is 0 Å². The summed E-state index contributed by atoms with van der Waals surface area (Å²) in [5.74, 6) is 0. The summed E-state index contributed by atoms with van der Waals surface area (Å²) >= 11 is 1.46. The fraction of sp³-hybridized carbons (Fsp3) is 0.308. The molecule has 1 aromatic carbocycles. The highest BCUT2D eigenvalue weighted by Gasteiger charge is 2.33. The highest BCUT2D eigenvalue weighted by atomic mass is 32.1. The molecule has 0 saturated heterocycles. The van der Waals surface area contributed by atoms with E-state index in [1.54, 1.807) is 18.1 Å². The third kappa shape index (κ3) is 3.73. The first-order valence-electron chi connectivity index (χ1n) is 6.24. The minimum Gasteiger partial charge on any atom is -0.369 e. The number of alkyl halides is 3. The lowest BCUT2D eigenvalue weighted by molar-refractivity contribution is -0.384. The number of thiazole rings is 1. The number of aromatic nitrogens is 1. The van der Waals surface area contributed by atoms with Gasteiger partial charge in [0.15, 0.2) is 0 Å². The summed E-state index contributed by atoms with van der Waals surface area (Å²) in [7, 11) is 1.60. The molecule has 9 heteroatoms. The van der Waals surface area contributed by atoms with Crippen molar-refractivity contribution in [1.29, 1.82) is 0 Å². The summed E-state index contributed by atoms with van der Waals surface area (Å²) < 4.78 is 38.0. The normalized spacial score (nSPS) is 11.5. The molecule has 0 unspecified atom stereocenters. The molecular weight excluding hydrogens is 319 g/mol. The van der Waals surface area contributed by atoms with Crippen LogP contribution in [0.5, 0.6) is 0 Å². The average molecular weight is 331 g/mol. The number of nitro groups is 1. The first-order valence-corrected chi connectivity index (χ1v) is 7.12. The van der Waals surface area contributed by atoms with Crippen LogP contribution >= 0.6 is 11.3 Å². The van der Waals surface area contributed by atoms with Crippen LogP contribution in [0, 0.1) is 10.1 Å². The molecule has 0 aliphatic heterocycles. The second-order valence-electron chi connectivity index (χ2n) is 4.56. The van der Waals surface area contributed by atoms with Gasteiger partial charge in [-0.1, -0.05) is 0 Å². The minimum absolute atomic E-state index is 0.148. The molecule has 0 amide bonds. The summed E-state index contributed by atoms with van der Waals surface area (Å²) in [6.07, 6.45) is -2.39. The number of rotatable bonds is 5. The monoisotopic (exact) mass is 331 g/mol. The zero-order chi connectivity index (χ0) is 16.3. The Morgan fingerprint density at radius 2 is 2.14 bits per heavy atom. The van der Waals surface area contributed by atoms with E-state index < -0.39 is 22.4 Å². The van der Waals surface area contributed by atoms with E-state index in [9.17, 15) is 23.3 Å². The maximum absolute atomic E-state index is 12.7. The predicted molar refractivity (Wildman–Crippen MR) is 77.2 cm³/mol. The van der Waals surface area contributed by atoms with Crippen molar-refractivity contribution in [3.63, 3.8) is 0 Å². The van der Waals surface area contributed by atoms with Crippen molar-refractivity contribution in [3.8, 4) is 0 Å². The van der Waals surface area contributed by atoms with Gasteiger partial charge < -0.3 is 4.90 Å². The van der Waals surface area contributed by atoms with Gasteiger partial charge in [-0.3, -0.25) is 10.1 Å². The van der Waals surface area contributed by atoms with E-state index in [0.717, 1.165) is 17.1 Å². The van der Waals surface area contributed by atoms with E-state index in [4.69, 9.17) is 0 Å². The second kappa shape index (κ2) is 6.30. The molecule has 2 aromatic rings. The molecule has 0 aliphatic carbocycles. The molecule has 1 aromatic heterocycles. The second-order valence-corrected chi connectivity index (χ2v) is 5.53. The van der Waals surface area contributed by atoms with Crippen LogP contribution in [-0.4, -0.2) is 23.5 Å². The number of nitrogens with zero attached hydrogens (tertiary/aromatic N) is 3. The van der Waals surface area contributed by atoms with Gasteiger partial charge in [0.25, 0.3) is 5.69 Å². The van der Waals surface area contributed by atoms with Crippen molar-refractivity contribution in [3.05, 3.63) is 50.5 Å². The lowest BCUT2D eigenvalue weighted by Gasteiger charge is -2.19. The summed E-state index contributed by atoms with van der Waals surface area (Å²) in [6.45, 7) is 0.416. The molecule has 2 rings (SSSR count). The number of likely N-dealkylation sites (N-methyl/N-ethyl adjacent to an activating group) is 1. The number of nitro benzene ring substituents is 1. The van der Waals surface area contributed by atoms with Crippen molar-refractivity contribution >= 4 is 22.7 Å². The van der Waals surface area contributed by atoms with Gasteiger partial charge in [-0.05, 0) is 12.1 Å². The number of halogens is 3. The SMILES string of the molecule is CN(CCc1nccs1)c1ccc(C(F)(F)F)cc1[N+](=O)[O-]. The Bertz CT molecular complexity index is 659. The van der Waals surface area contributed by atoms with Crippen LogP contribution in [-0.2, 0) is 12.6 Å². The molecule has 0 fully saturated rings. The van der Waals surface area contributed by atoms with Gasteiger partial charge in [-0.2, -0.15) is 13.2 Å². The van der Waals surface area contributed by atoms with Crippen molar-refractivity contribution in [1.82, 2.24) is 4.98 Å². The van der Waals surface area contributed by atoms with Crippen LogP contribution in [0.15, 0.2) is 29.8 Å². The Morgan fingerprint density at radius 3 is 2.68 bits per heavy atom. The van der Waals surface area contributed by atoms with Gasteiger partial charge >= 0.3 is 6.18 Å². The standard InChI is InChI=1S/C13H12F3N3O2S/c1-18(6-4-12-17-5-7-22-12)10-3-2-9(13(14,15)16)8-11(10)19(20)21/h2-3,5,7-8H,4,6H2,1H3. The summed E-state index contributed by atoms with van der Waals surface area (Å²) in [4.78, 5) is 15.9. The Labute approximate surface area is 128 Å². The molecular formula is C13H12F3N3O2S. The number of hydrogen-bond donors (Lipinski definition) is 0. The van der Waals surface area contributed by atoms with Gasteiger partial charge in [-0.15, -0.1) is 11.3 Å². The van der Waals surface area contributed by atoms with Crippen molar-refractivity contribution in [2.75, 3.05) is 18.5 Å². The zero-order valence-corrected chi connectivity index (χ0v) is 12.3. The fourth-order valence-corrected chi connectivity index (χ4v) is 2.54. The van der Waals surface area contributed by atoms with E-state index in [2.05, 4.69) is 4.98 Å². The number of benzene rings is 1. The Kier molecular flexibility index (Phi) is 4.65.